The van der Waals surface area contributed by atoms with Crippen LogP contribution in [0.15, 0.2) is 5.18 Å². The minimum Gasteiger partial charge on any atom is -0.367 e. The van der Waals surface area contributed by atoms with Gasteiger partial charge in [-0.15, -0.1) is 0 Å². The maximum Gasteiger partial charge on any atom is 0.169 e. The molecule has 0 aliphatic carbocycles. The highest BCUT2D eigenvalue weighted by molar-refractivity contribution is 4.30. The van der Waals surface area contributed by atoms with Gasteiger partial charge in [-0.3, -0.25) is 10.4 Å². The van der Waals surface area contributed by atoms with Crippen molar-refractivity contribution in [2.45, 2.75) is 13.2 Å². The number of hydroxylamine groups is 2. The predicted octanol–water partition coefficient (Wildman–Crippen LogP) is -0.850. The number of hydrogen-bond acceptors (Lipinski definition) is 7. The van der Waals surface area contributed by atoms with E-state index >= 15 is 0 Å². The lowest BCUT2D eigenvalue weighted by Gasteiger charge is -2.05. The molecule has 68 valence electrons. The molecule has 0 aromatic carbocycles. The van der Waals surface area contributed by atoms with Gasteiger partial charge in [0, 0.05) is 0 Å². The van der Waals surface area contributed by atoms with Crippen molar-refractivity contribution < 1.29 is 20.6 Å². The molecule has 0 aliphatic heterocycles. The molecular formula is C4H12N2O5. The molecule has 0 spiro atoms. The SMILES string of the molecule is CCN=O.OC(O)CN(O)O. The third-order valence-electron chi connectivity index (χ3n) is 0.456. The summed E-state index contributed by atoms with van der Waals surface area (Å²) in [6.07, 6.45) is -1.70. The summed E-state index contributed by atoms with van der Waals surface area (Å²) in [4.78, 5) is 8.92. The zero-order valence-electron chi connectivity index (χ0n) is 6.08. The molecule has 0 bridgehead atoms. The van der Waals surface area contributed by atoms with Gasteiger partial charge in [-0.05, 0) is 6.92 Å². The fourth-order valence-electron chi connectivity index (χ4n) is 0.146. The fraction of sp³-hybridized carbons (Fsp3) is 1.00. The molecular weight excluding hydrogens is 156 g/mol. The van der Waals surface area contributed by atoms with Crippen molar-refractivity contribution in [3.8, 4) is 0 Å². The summed E-state index contributed by atoms with van der Waals surface area (Å²) in [6, 6.07) is 0. The highest BCUT2D eigenvalue weighted by atomic mass is 16.8. The lowest BCUT2D eigenvalue weighted by atomic mass is 10.7. The lowest BCUT2D eigenvalue weighted by molar-refractivity contribution is -0.326. The van der Waals surface area contributed by atoms with Crippen molar-refractivity contribution in [3.05, 3.63) is 4.91 Å². The molecule has 0 atom stereocenters. The van der Waals surface area contributed by atoms with Crippen molar-refractivity contribution in [3.63, 3.8) is 0 Å². The molecule has 7 heteroatoms. The van der Waals surface area contributed by atoms with E-state index in [-0.39, 0.29) is 5.23 Å². The molecule has 0 fully saturated rings. The van der Waals surface area contributed by atoms with E-state index in [1.807, 2.05) is 0 Å². The molecule has 0 radical (unpaired) electrons. The van der Waals surface area contributed by atoms with Crippen LogP contribution in [0.4, 0.5) is 0 Å². The minimum atomic E-state index is -1.70. The second kappa shape index (κ2) is 9.40. The molecule has 0 unspecified atom stereocenters. The molecule has 0 saturated carbocycles. The van der Waals surface area contributed by atoms with Crippen LogP contribution in [0.5, 0.6) is 0 Å². The monoisotopic (exact) mass is 168 g/mol. The highest BCUT2D eigenvalue weighted by Gasteiger charge is 1.99. The second-order valence-electron chi connectivity index (χ2n) is 1.48. The molecule has 0 aliphatic rings. The fourth-order valence-corrected chi connectivity index (χ4v) is 0.146. The Kier molecular flexibility index (Phi) is 11.1. The van der Waals surface area contributed by atoms with Gasteiger partial charge in [0.1, 0.15) is 6.54 Å². The summed E-state index contributed by atoms with van der Waals surface area (Å²) in [7, 11) is 0. The zero-order valence-corrected chi connectivity index (χ0v) is 6.08. The van der Waals surface area contributed by atoms with Crippen LogP contribution in [-0.4, -0.2) is 45.2 Å². The number of rotatable bonds is 3. The molecule has 7 nitrogen and oxygen atoms in total. The Hall–Kier alpha value is -0.600. The van der Waals surface area contributed by atoms with Crippen LogP contribution in [0.2, 0.25) is 0 Å². The van der Waals surface area contributed by atoms with Gasteiger partial charge in [0.15, 0.2) is 6.29 Å². The van der Waals surface area contributed by atoms with Crippen molar-refractivity contribution >= 4 is 0 Å². The Labute approximate surface area is 63.4 Å². The van der Waals surface area contributed by atoms with Crippen LogP contribution in [0, 0.1) is 4.91 Å². The summed E-state index contributed by atoms with van der Waals surface area (Å²) in [5, 5.41) is 33.6. The summed E-state index contributed by atoms with van der Waals surface area (Å²) in [5.74, 6) is 0. The largest absolute Gasteiger partial charge is 0.367 e. The van der Waals surface area contributed by atoms with E-state index in [1.165, 1.54) is 0 Å². The van der Waals surface area contributed by atoms with Crippen molar-refractivity contribution in [1.29, 1.82) is 0 Å². The van der Waals surface area contributed by atoms with Crippen LogP contribution in [-0.2, 0) is 0 Å². The number of aliphatic hydroxyl groups is 2. The molecule has 11 heavy (non-hydrogen) atoms. The van der Waals surface area contributed by atoms with Gasteiger partial charge in [0.05, 0.1) is 6.54 Å². The molecule has 0 saturated heterocycles. The Morgan fingerprint density at radius 3 is 1.82 bits per heavy atom. The second-order valence-corrected chi connectivity index (χ2v) is 1.48. The van der Waals surface area contributed by atoms with Crippen LogP contribution < -0.4 is 0 Å². The Morgan fingerprint density at radius 2 is 1.82 bits per heavy atom. The first-order chi connectivity index (χ1) is 5.04. The third kappa shape index (κ3) is 26.6. The number of nitrogens with zero attached hydrogens (tertiary/aromatic N) is 2. The molecule has 0 amide bonds. The van der Waals surface area contributed by atoms with Crippen LogP contribution in [0.3, 0.4) is 0 Å². The summed E-state index contributed by atoms with van der Waals surface area (Å²) in [6.45, 7) is 1.51. The first-order valence-electron chi connectivity index (χ1n) is 2.85. The number of aliphatic hydroxyl groups excluding tert-OH is 1. The van der Waals surface area contributed by atoms with Crippen molar-refractivity contribution in [2.75, 3.05) is 13.1 Å². The quantitative estimate of drug-likeness (QED) is 0.248. The standard InChI is InChI=1S/C2H7NO4.C2H5NO/c4-2(5)1-3(6)7;1-2-3-4/h2,4-7H,1H2;2H2,1H3. The zero-order chi connectivity index (χ0) is 9.28. The summed E-state index contributed by atoms with van der Waals surface area (Å²) >= 11 is 0. The minimum absolute atomic E-state index is 0.301. The molecule has 0 heterocycles. The Balaban J connectivity index is 0. The maximum atomic E-state index is 8.92. The smallest absolute Gasteiger partial charge is 0.169 e. The van der Waals surface area contributed by atoms with Crippen LogP contribution in [0.25, 0.3) is 0 Å². The van der Waals surface area contributed by atoms with Crippen molar-refractivity contribution in [2.24, 2.45) is 5.18 Å². The average Bonchev–Trinajstić information content (AvgIpc) is 1.85. The maximum absolute atomic E-state index is 8.92. The molecule has 0 rings (SSSR count). The first-order valence-corrected chi connectivity index (χ1v) is 2.85. The Morgan fingerprint density at radius 1 is 1.45 bits per heavy atom. The van der Waals surface area contributed by atoms with Gasteiger partial charge in [-0.25, -0.2) is 0 Å². The Bertz CT molecular complexity index is 80.6. The van der Waals surface area contributed by atoms with E-state index in [0.29, 0.717) is 6.54 Å². The third-order valence-corrected chi connectivity index (χ3v) is 0.456. The summed E-state index contributed by atoms with van der Waals surface area (Å²) < 4.78 is 0. The van der Waals surface area contributed by atoms with Gasteiger partial charge in [0.2, 0.25) is 0 Å². The lowest BCUT2D eigenvalue weighted by Crippen LogP contribution is -2.26. The van der Waals surface area contributed by atoms with Gasteiger partial charge >= 0.3 is 0 Å². The van der Waals surface area contributed by atoms with Gasteiger partial charge in [-0.2, -0.15) is 4.91 Å². The highest BCUT2D eigenvalue weighted by Crippen LogP contribution is 1.75. The van der Waals surface area contributed by atoms with E-state index < -0.39 is 12.8 Å². The number of nitroso groups, excluding NO2 is 1. The van der Waals surface area contributed by atoms with Gasteiger partial charge < -0.3 is 10.2 Å². The first kappa shape index (κ1) is 13.0. The van der Waals surface area contributed by atoms with E-state index in [9.17, 15) is 0 Å². The van der Waals surface area contributed by atoms with E-state index in [1.54, 1.807) is 6.92 Å². The van der Waals surface area contributed by atoms with E-state index in [2.05, 4.69) is 5.18 Å². The van der Waals surface area contributed by atoms with Crippen LogP contribution in [0.1, 0.15) is 6.92 Å². The molecule has 0 aromatic heterocycles. The topological polar surface area (TPSA) is 114 Å². The normalized spacial score (nSPS) is 9.36. The predicted molar refractivity (Wildman–Crippen MR) is 34.8 cm³/mol. The van der Waals surface area contributed by atoms with Gasteiger partial charge in [0.25, 0.3) is 0 Å². The van der Waals surface area contributed by atoms with E-state index in [0.717, 1.165) is 0 Å². The number of hydrogen-bond donors (Lipinski definition) is 4. The summed E-state index contributed by atoms with van der Waals surface area (Å²) in [5.41, 5.74) is 0. The van der Waals surface area contributed by atoms with Crippen molar-refractivity contribution in [1.82, 2.24) is 5.23 Å². The van der Waals surface area contributed by atoms with Crippen LogP contribution >= 0.6 is 0 Å². The molecule has 4 N–H and O–H groups in total. The van der Waals surface area contributed by atoms with Gasteiger partial charge in [-0.1, -0.05) is 10.4 Å². The average molecular weight is 168 g/mol. The van der Waals surface area contributed by atoms with E-state index in [4.69, 9.17) is 25.5 Å². The molecule has 0 aromatic rings.